The molecule has 0 atom stereocenters. The highest BCUT2D eigenvalue weighted by molar-refractivity contribution is 7.21. The molecule has 8 heteroatoms. The van der Waals surface area contributed by atoms with Crippen LogP contribution in [-0.2, 0) is 22.6 Å². The van der Waals surface area contributed by atoms with Crippen LogP contribution in [0.1, 0.15) is 12.5 Å². The van der Waals surface area contributed by atoms with Crippen LogP contribution in [0.3, 0.4) is 0 Å². The van der Waals surface area contributed by atoms with Crippen molar-refractivity contribution in [3.8, 4) is 16.2 Å². The highest BCUT2D eigenvalue weighted by atomic mass is 32.1. The van der Waals surface area contributed by atoms with E-state index in [0.29, 0.717) is 16.0 Å². The van der Waals surface area contributed by atoms with Crippen LogP contribution in [0, 0.1) is 0 Å². The number of thiophene rings is 1. The van der Waals surface area contributed by atoms with Crippen molar-refractivity contribution >= 4 is 27.5 Å². The first-order valence-corrected chi connectivity index (χ1v) is 10.9. The molecule has 32 heavy (non-hydrogen) atoms. The van der Waals surface area contributed by atoms with Crippen LogP contribution < -0.4 is 16.0 Å². The van der Waals surface area contributed by atoms with E-state index in [1.165, 1.54) is 15.9 Å². The number of ether oxygens (including phenoxy) is 2. The summed E-state index contributed by atoms with van der Waals surface area (Å²) < 4.78 is 12.9. The van der Waals surface area contributed by atoms with Gasteiger partial charge in [0.25, 0.3) is 5.56 Å². The molecule has 0 fully saturated rings. The molecule has 2 aromatic carbocycles. The average molecular weight is 451 g/mol. The first kappa shape index (κ1) is 21.6. The number of para-hydroxylation sites is 1. The molecule has 0 aliphatic carbocycles. The summed E-state index contributed by atoms with van der Waals surface area (Å²) in [5.74, 6) is 0.00364. The molecule has 0 N–H and O–H groups in total. The van der Waals surface area contributed by atoms with Crippen LogP contribution >= 0.6 is 11.3 Å². The van der Waals surface area contributed by atoms with Gasteiger partial charge in [-0.05, 0) is 24.6 Å². The number of hydrogen-bond donors (Lipinski definition) is 0. The number of hydrogen-bond acceptors (Lipinski definition) is 6. The Balaban J connectivity index is 1.94. The lowest BCUT2D eigenvalue weighted by molar-refractivity contribution is -0.143. The van der Waals surface area contributed by atoms with Gasteiger partial charge in [0, 0.05) is 10.4 Å². The van der Waals surface area contributed by atoms with Gasteiger partial charge in [-0.25, -0.2) is 9.36 Å². The molecule has 0 spiro atoms. The maximum absolute atomic E-state index is 13.4. The molecule has 0 aliphatic heterocycles. The van der Waals surface area contributed by atoms with Crippen molar-refractivity contribution in [3.05, 3.63) is 87.1 Å². The summed E-state index contributed by atoms with van der Waals surface area (Å²) in [6.07, 6.45) is 0. The molecule has 0 saturated carbocycles. The molecule has 4 rings (SSSR count). The second kappa shape index (κ2) is 9.23. The van der Waals surface area contributed by atoms with Crippen molar-refractivity contribution < 1.29 is 14.3 Å². The number of methoxy groups -OCH3 is 1. The normalized spacial score (nSPS) is 10.9. The fraction of sp³-hybridized carbons (Fsp3) is 0.208. The fourth-order valence-corrected chi connectivity index (χ4v) is 4.71. The van der Waals surface area contributed by atoms with Gasteiger partial charge in [0.05, 0.1) is 25.6 Å². The molecular formula is C24H22N2O5S. The third-order valence-electron chi connectivity index (χ3n) is 5.07. The van der Waals surface area contributed by atoms with Crippen molar-refractivity contribution in [2.75, 3.05) is 13.7 Å². The Morgan fingerprint density at radius 1 is 1.00 bits per heavy atom. The second-order valence-corrected chi connectivity index (χ2v) is 8.10. The molecule has 164 valence electrons. The number of aromatic nitrogens is 2. The highest BCUT2D eigenvalue weighted by Gasteiger charge is 2.20. The van der Waals surface area contributed by atoms with Crippen LogP contribution in [0.4, 0.5) is 0 Å². The van der Waals surface area contributed by atoms with Gasteiger partial charge in [0.1, 0.15) is 17.1 Å². The number of benzene rings is 2. The van der Waals surface area contributed by atoms with E-state index in [9.17, 15) is 14.4 Å². The van der Waals surface area contributed by atoms with E-state index in [1.807, 2.05) is 54.6 Å². The molecule has 2 aromatic heterocycles. The fourth-order valence-electron chi connectivity index (χ4n) is 3.56. The van der Waals surface area contributed by atoms with Gasteiger partial charge in [-0.2, -0.15) is 0 Å². The standard InChI is InChI=1S/C24H22N2O5S/c1-3-31-21(27)15-25-22(28)18-13-20(16-9-5-4-6-10-16)32-23(18)26(24(25)29)14-17-11-7-8-12-19(17)30-2/h4-13H,3,14-15H2,1-2H3. The molecule has 4 aromatic rings. The van der Waals surface area contributed by atoms with Gasteiger partial charge >= 0.3 is 11.7 Å². The summed E-state index contributed by atoms with van der Waals surface area (Å²) in [7, 11) is 1.57. The molecule has 0 amide bonds. The number of nitrogens with zero attached hydrogens (tertiary/aromatic N) is 2. The Hall–Kier alpha value is -3.65. The van der Waals surface area contributed by atoms with E-state index in [2.05, 4.69) is 0 Å². The molecule has 0 aliphatic rings. The van der Waals surface area contributed by atoms with Gasteiger partial charge in [-0.15, -0.1) is 11.3 Å². The highest BCUT2D eigenvalue weighted by Crippen LogP contribution is 2.32. The number of esters is 1. The van der Waals surface area contributed by atoms with Crippen LogP contribution in [-0.4, -0.2) is 28.8 Å². The topological polar surface area (TPSA) is 79.5 Å². The predicted octanol–water partition coefficient (Wildman–Crippen LogP) is 3.51. The minimum Gasteiger partial charge on any atom is -0.496 e. The zero-order valence-electron chi connectivity index (χ0n) is 17.7. The lowest BCUT2D eigenvalue weighted by atomic mass is 10.2. The van der Waals surface area contributed by atoms with E-state index in [1.54, 1.807) is 20.1 Å². The van der Waals surface area contributed by atoms with Gasteiger partial charge in [0.2, 0.25) is 0 Å². The minimum atomic E-state index is -0.631. The molecular weight excluding hydrogens is 428 g/mol. The lowest BCUT2D eigenvalue weighted by Gasteiger charge is -2.13. The van der Waals surface area contributed by atoms with E-state index >= 15 is 0 Å². The molecule has 0 bridgehead atoms. The number of carbonyl (C=O) groups excluding carboxylic acids is 1. The van der Waals surface area contributed by atoms with Crippen LogP contribution in [0.15, 0.2) is 70.3 Å². The van der Waals surface area contributed by atoms with Gasteiger partial charge in [-0.1, -0.05) is 48.5 Å². The third kappa shape index (κ3) is 4.09. The zero-order chi connectivity index (χ0) is 22.7. The van der Waals surface area contributed by atoms with E-state index in [4.69, 9.17) is 9.47 Å². The first-order chi connectivity index (χ1) is 15.5. The molecule has 0 radical (unpaired) electrons. The Morgan fingerprint density at radius 3 is 2.44 bits per heavy atom. The quantitative estimate of drug-likeness (QED) is 0.403. The molecule has 7 nitrogen and oxygen atoms in total. The Labute approximate surface area is 188 Å². The largest absolute Gasteiger partial charge is 0.496 e. The maximum atomic E-state index is 13.4. The first-order valence-electron chi connectivity index (χ1n) is 10.1. The summed E-state index contributed by atoms with van der Waals surface area (Å²) in [5.41, 5.74) is 0.659. The van der Waals surface area contributed by atoms with Crippen LogP contribution in [0.25, 0.3) is 20.7 Å². The van der Waals surface area contributed by atoms with Crippen molar-refractivity contribution in [3.63, 3.8) is 0 Å². The average Bonchev–Trinajstić information content (AvgIpc) is 3.26. The Morgan fingerprint density at radius 2 is 1.72 bits per heavy atom. The number of carbonyl (C=O) groups is 1. The van der Waals surface area contributed by atoms with Crippen molar-refractivity contribution in [2.24, 2.45) is 0 Å². The lowest BCUT2D eigenvalue weighted by Crippen LogP contribution is -2.41. The Bertz CT molecular complexity index is 1390. The molecule has 0 saturated heterocycles. The van der Waals surface area contributed by atoms with Crippen molar-refractivity contribution in [1.82, 2.24) is 9.13 Å². The van der Waals surface area contributed by atoms with Crippen LogP contribution in [0.5, 0.6) is 5.75 Å². The minimum absolute atomic E-state index is 0.168. The van der Waals surface area contributed by atoms with Crippen molar-refractivity contribution in [1.29, 1.82) is 0 Å². The van der Waals surface area contributed by atoms with E-state index in [0.717, 1.165) is 20.6 Å². The number of rotatable bonds is 7. The Kier molecular flexibility index (Phi) is 6.23. The molecule has 0 unspecified atom stereocenters. The van der Waals surface area contributed by atoms with Crippen LogP contribution in [0.2, 0.25) is 0 Å². The SMILES string of the molecule is CCOC(=O)Cn1c(=O)c2cc(-c3ccccc3)sc2n(Cc2ccccc2OC)c1=O. The van der Waals surface area contributed by atoms with Gasteiger partial charge < -0.3 is 9.47 Å². The molecule has 2 heterocycles. The zero-order valence-corrected chi connectivity index (χ0v) is 18.6. The predicted molar refractivity (Wildman–Crippen MR) is 125 cm³/mol. The van der Waals surface area contributed by atoms with Gasteiger partial charge in [-0.3, -0.25) is 14.2 Å². The number of fused-ring (bicyclic) bond motifs is 1. The maximum Gasteiger partial charge on any atom is 0.332 e. The second-order valence-electron chi connectivity index (χ2n) is 7.07. The van der Waals surface area contributed by atoms with E-state index < -0.39 is 23.8 Å². The van der Waals surface area contributed by atoms with Gasteiger partial charge in [0.15, 0.2) is 0 Å². The van der Waals surface area contributed by atoms with Crippen molar-refractivity contribution in [2.45, 2.75) is 20.0 Å². The van der Waals surface area contributed by atoms with E-state index in [-0.39, 0.29) is 13.2 Å². The summed E-state index contributed by atoms with van der Waals surface area (Å²) >= 11 is 1.37. The summed E-state index contributed by atoms with van der Waals surface area (Å²) in [6, 6.07) is 18.8. The summed E-state index contributed by atoms with van der Waals surface area (Å²) in [4.78, 5) is 40.1. The third-order valence-corrected chi connectivity index (χ3v) is 6.27. The summed E-state index contributed by atoms with van der Waals surface area (Å²) in [6.45, 7) is 1.60. The smallest absolute Gasteiger partial charge is 0.332 e. The monoisotopic (exact) mass is 450 g/mol. The summed E-state index contributed by atoms with van der Waals surface area (Å²) in [5, 5.41) is 0.382.